The van der Waals surface area contributed by atoms with Crippen LogP contribution in [0.2, 0.25) is 0 Å². The van der Waals surface area contributed by atoms with Crippen molar-refractivity contribution >= 4 is 11.6 Å². The number of nitrogens with one attached hydrogen (secondary N) is 1. The Hall–Kier alpha value is -1.59. The number of aliphatic hydroxyl groups is 1. The summed E-state index contributed by atoms with van der Waals surface area (Å²) in [5.74, 6) is 0.0624. The molecule has 2 fully saturated rings. The average Bonchev–Trinajstić information content (AvgIpc) is 2.95. The Morgan fingerprint density at radius 2 is 2.10 bits per heavy atom. The summed E-state index contributed by atoms with van der Waals surface area (Å²) in [6, 6.07) is 10.5. The third-order valence-electron chi connectivity index (χ3n) is 4.34. The van der Waals surface area contributed by atoms with Gasteiger partial charge >= 0.3 is 0 Å². The van der Waals surface area contributed by atoms with Crippen LogP contribution in [0.15, 0.2) is 30.3 Å². The van der Waals surface area contributed by atoms with Crippen LogP contribution in [-0.2, 0) is 4.79 Å². The lowest BCUT2D eigenvalue weighted by Gasteiger charge is -2.35. The van der Waals surface area contributed by atoms with Crippen molar-refractivity contribution in [1.82, 2.24) is 10.2 Å². The molecule has 1 amide bonds. The summed E-state index contributed by atoms with van der Waals surface area (Å²) in [6.07, 6.45) is 1.49. The van der Waals surface area contributed by atoms with Gasteiger partial charge in [-0.2, -0.15) is 0 Å². The van der Waals surface area contributed by atoms with Gasteiger partial charge in [0.1, 0.15) is 6.23 Å². The molecule has 5 nitrogen and oxygen atoms in total. The summed E-state index contributed by atoms with van der Waals surface area (Å²) in [5, 5.41) is 13.2. The highest BCUT2D eigenvalue weighted by Gasteiger charge is 2.29. The highest BCUT2D eigenvalue weighted by Crippen LogP contribution is 2.19. The standard InChI is InChI=1S/C16H23N3O2/c20-15-7-4-9-19(15)16(21)11-13-12-18(10-8-17-13)14-5-2-1-3-6-14/h1-3,5-6,13,15,17,20H,4,7-12H2. The Morgan fingerprint density at radius 3 is 2.81 bits per heavy atom. The van der Waals surface area contributed by atoms with E-state index in [1.807, 2.05) is 18.2 Å². The van der Waals surface area contributed by atoms with E-state index in [0.717, 1.165) is 26.1 Å². The van der Waals surface area contributed by atoms with Crippen LogP contribution in [-0.4, -0.2) is 54.4 Å². The van der Waals surface area contributed by atoms with Gasteiger partial charge in [0, 0.05) is 44.3 Å². The van der Waals surface area contributed by atoms with Crippen LogP contribution >= 0.6 is 0 Å². The Bertz CT molecular complexity index is 480. The van der Waals surface area contributed by atoms with Crippen molar-refractivity contribution in [2.75, 3.05) is 31.1 Å². The third-order valence-corrected chi connectivity index (χ3v) is 4.34. The number of anilines is 1. The second-order valence-electron chi connectivity index (χ2n) is 5.85. The van der Waals surface area contributed by atoms with E-state index in [-0.39, 0.29) is 11.9 Å². The number of aliphatic hydroxyl groups excluding tert-OH is 1. The third kappa shape index (κ3) is 3.36. The zero-order valence-corrected chi connectivity index (χ0v) is 12.2. The normalized spacial score (nSPS) is 26.1. The number of rotatable bonds is 3. The minimum Gasteiger partial charge on any atom is -0.374 e. The summed E-state index contributed by atoms with van der Waals surface area (Å²) in [7, 11) is 0. The van der Waals surface area contributed by atoms with Gasteiger partial charge in [-0.05, 0) is 25.0 Å². The maximum absolute atomic E-state index is 12.3. The van der Waals surface area contributed by atoms with Crippen LogP contribution in [0, 0.1) is 0 Å². The molecule has 1 aromatic carbocycles. The molecule has 2 aliphatic heterocycles. The number of likely N-dealkylation sites (tertiary alicyclic amines) is 1. The maximum atomic E-state index is 12.3. The van der Waals surface area contributed by atoms with Crippen molar-refractivity contribution in [2.45, 2.75) is 31.5 Å². The highest BCUT2D eigenvalue weighted by atomic mass is 16.3. The molecule has 0 aliphatic carbocycles. The van der Waals surface area contributed by atoms with Gasteiger partial charge in [-0.25, -0.2) is 0 Å². The molecular weight excluding hydrogens is 266 g/mol. The summed E-state index contributed by atoms with van der Waals surface area (Å²) in [6.45, 7) is 3.37. The average molecular weight is 289 g/mol. The molecule has 0 saturated carbocycles. The monoisotopic (exact) mass is 289 g/mol. The highest BCUT2D eigenvalue weighted by molar-refractivity contribution is 5.77. The predicted molar refractivity (Wildman–Crippen MR) is 82.0 cm³/mol. The van der Waals surface area contributed by atoms with Gasteiger partial charge in [-0.15, -0.1) is 0 Å². The van der Waals surface area contributed by atoms with Gasteiger partial charge in [0.05, 0.1) is 0 Å². The Labute approximate surface area is 125 Å². The molecule has 2 aliphatic rings. The van der Waals surface area contributed by atoms with Crippen LogP contribution in [0.1, 0.15) is 19.3 Å². The van der Waals surface area contributed by atoms with E-state index in [2.05, 4.69) is 22.3 Å². The number of hydrogen-bond acceptors (Lipinski definition) is 4. The van der Waals surface area contributed by atoms with Crippen molar-refractivity contribution < 1.29 is 9.90 Å². The fraction of sp³-hybridized carbons (Fsp3) is 0.562. The fourth-order valence-electron chi connectivity index (χ4n) is 3.20. The Kier molecular flexibility index (Phi) is 4.41. The number of nitrogens with zero attached hydrogens (tertiary/aromatic N) is 2. The first-order valence-corrected chi connectivity index (χ1v) is 7.75. The lowest BCUT2D eigenvalue weighted by atomic mass is 10.1. The van der Waals surface area contributed by atoms with Crippen LogP contribution < -0.4 is 10.2 Å². The van der Waals surface area contributed by atoms with Gasteiger partial charge in [0.25, 0.3) is 0 Å². The molecule has 2 atom stereocenters. The molecule has 2 N–H and O–H groups in total. The van der Waals surface area contributed by atoms with E-state index < -0.39 is 6.23 Å². The molecule has 3 rings (SSSR count). The van der Waals surface area contributed by atoms with Gasteiger partial charge in [0.15, 0.2) is 0 Å². The molecule has 2 saturated heterocycles. The molecular formula is C16H23N3O2. The van der Waals surface area contributed by atoms with E-state index in [1.54, 1.807) is 4.90 Å². The molecule has 2 heterocycles. The second-order valence-corrected chi connectivity index (χ2v) is 5.85. The molecule has 2 unspecified atom stereocenters. The molecule has 5 heteroatoms. The zero-order chi connectivity index (χ0) is 14.7. The van der Waals surface area contributed by atoms with Crippen molar-refractivity contribution in [2.24, 2.45) is 0 Å². The number of hydrogen-bond donors (Lipinski definition) is 2. The number of carbonyl (C=O) groups is 1. The first-order chi connectivity index (χ1) is 10.2. The molecule has 1 aromatic rings. The summed E-state index contributed by atoms with van der Waals surface area (Å²) in [4.78, 5) is 16.2. The molecule has 0 bridgehead atoms. The van der Waals surface area contributed by atoms with Crippen LogP contribution in [0.25, 0.3) is 0 Å². The van der Waals surface area contributed by atoms with Crippen molar-refractivity contribution in [3.63, 3.8) is 0 Å². The van der Waals surface area contributed by atoms with Crippen molar-refractivity contribution in [3.05, 3.63) is 30.3 Å². The maximum Gasteiger partial charge on any atom is 0.226 e. The predicted octanol–water partition coefficient (Wildman–Crippen LogP) is 0.796. The molecule has 114 valence electrons. The van der Waals surface area contributed by atoms with Gasteiger partial charge in [-0.3, -0.25) is 4.79 Å². The fourth-order valence-corrected chi connectivity index (χ4v) is 3.20. The molecule has 0 radical (unpaired) electrons. The minimum atomic E-state index is -0.577. The summed E-state index contributed by atoms with van der Waals surface area (Å²) in [5.41, 5.74) is 1.21. The van der Waals surface area contributed by atoms with E-state index in [0.29, 0.717) is 19.4 Å². The molecule has 0 aromatic heterocycles. The SMILES string of the molecule is O=C(CC1CN(c2ccccc2)CCN1)N1CCCC1O. The topological polar surface area (TPSA) is 55.8 Å². The first kappa shape index (κ1) is 14.4. The second kappa shape index (κ2) is 6.45. The number of amides is 1. The Balaban J connectivity index is 1.57. The molecule has 21 heavy (non-hydrogen) atoms. The van der Waals surface area contributed by atoms with Crippen LogP contribution in [0.3, 0.4) is 0 Å². The van der Waals surface area contributed by atoms with Crippen molar-refractivity contribution in [3.8, 4) is 0 Å². The zero-order valence-electron chi connectivity index (χ0n) is 12.2. The molecule has 0 spiro atoms. The van der Waals surface area contributed by atoms with Gasteiger partial charge in [-0.1, -0.05) is 18.2 Å². The lowest BCUT2D eigenvalue weighted by molar-refractivity contribution is -0.138. The van der Waals surface area contributed by atoms with Gasteiger partial charge < -0.3 is 20.2 Å². The quantitative estimate of drug-likeness (QED) is 0.864. The first-order valence-electron chi connectivity index (χ1n) is 7.75. The number of piperazine rings is 1. The number of para-hydroxylation sites is 1. The number of benzene rings is 1. The van der Waals surface area contributed by atoms with E-state index in [9.17, 15) is 9.90 Å². The van der Waals surface area contributed by atoms with E-state index in [4.69, 9.17) is 0 Å². The lowest BCUT2D eigenvalue weighted by Crippen LogP contribution is -2.52. The number of carbonyl (C=O) groups excluding carboxylic acids is 1. The summed E-state index contributed by atoms with van der Waals surface area (Å²) < 4.78 is 0. The largest absolute Gasteiger partial charge is 0.374 e. The van der Waals surface area contributed by atoms with E-state index in [1.165, 1.54) is 5.69 Å². The smallest absolute Gasteiger partial charge is 0.226 e. The van der Waals surface area contributed by atoms with Crippen molar-refractivity contribution in [1.29, 1.82) is 0 Å². The van der Waals surface area contributed by atoms with Gasteiger partial charge in [0.2, 0.25) is 5.91 Å². The Morgan fingerprint density at radius 1 is 1.29 bits per heavy atom. The van der Waals surface area contributed by atoms with Crippen LogP contribution in [0.5, 0.6) is 0 Å². The van der Waals surface area contributed by atoms with E-state index >= 15 is 0 Å². The minimum absolute atomic E-state index is 0.0624. The van der Waals surface area contributed by atoms with Crippen LogP contribution in [0.4, 0.5) is 5.69 Å². The summed E-state index contributed by atoms with van der Waals surface area (Å²) >= 11 is 0.